The minimum Gasteiger partial charge on any atom is -0.390 e. The average Bonchev–Trinajstić information content (AvgIpc) is 2.65. The lowest BCUT2D eigenvalue weighted by atomic mass is 11.0. The molecule has 15 nitrogen and oxygen atoms in total. The predicted molar refractivity (Wildman–Crippen MR) is 54.4 cm³/mol. The van der Waals surface area contributed by atoms with E-state index in [0.29, 0.717) is 0 Å². The lowest BCUT2D eigenvalue weighted by molar-refractivity contribution is -0.880. The van der Waals surface area contributed by atoms with Gasteiger partial charge in [0.2, 0.25) is 0 Å². The highest BCUT2D eigenvalue weighted by Gasteiger charge is 2.20. The number of nitro groups is 2. The maximum absolute atomic E-state index is 9.89. The normalized spacial score (nSPS) is 10.2. The number of H-pyrrole nitrogens is 1. The molecule has 0 amide bonds. The molecule has 1 rings (SSSR count). The third kappa shape index (κ3) is 4.85. The zero-order chi connectivity index (χ0) is 14.5. The molecule has 0 radical (unpaired) electrons. The summed E-state index contributed by atoms with van der Waals surface area (Å²) in [4.78, 5) is 19.8. The molecule has 18 heavy (non-hydrogen) atoms. The molecule has 10 N–H and O–H groups in total. The molecule has 0 bridgehead atoms. The van der Waals surface area contributed by atoms with E-state index in [1.807, 2.05) is 0 Å². The van der Waals surface area contributed by atoms with Crippen molar-refractivity contribution in [3.05, 3.63) is 20.2 Å². The monoisotopic (exact) mass is 264 g/mol. The molecule has 0 spiro atoms. The van der Waals surface area contributed by atoms with Crippen molar-refractivity contribution in [2.45, 2.75) is 0 Å². The van der Waals surface area contributed by atoms with Crippen LogP contribution < -0.4 is 23.3 Å². The van der Waals surface area contributed by atoms with Gasteiger partial charge in [0.1, 0.15) is 0 Å². The molecule has 100 valence electrons. The molecule has 1 aromatic heterocycles. The van der Waals surface area contributed by atoms with Crippen molar-refractivity contribution >= 4 is 17.9 Å². The van der Waals surface area contributed by atoms with Crippen LogP contribution in [0.25, 0.3) is 0 Å². The maximum atomic E-state index is 9.89. The Morgan fingerprint density at radius 3 is 1.89 bits per heavy atom. The van der Waals surface area contributed by atoms with E-state index < -0.39 is 32.5 Å². The van der Waals surface area contributed by atoms with Gasteiger partial charge in [0, 0.05) is 4.98 Å². The van der Waals surface area contributed by atoms with Crippen LogP contribution in [0.5, 0.6) is 0 Å². The highest BCUT2D eigenvalue weighted by molar-refractivity contribution is 5.65. The topological polar surface area (TPSA) is 256 Å². The van der Waals surface area contributed by atoms with Crippen LogP contribution in [0.1, 0.15) is 0 Å². The van der Waals surface area contributed by atoms with E-state index >= 15 is 0 Å². The van der Waals surface area contributed by atoms with Gasteiger partial charge in [-0.2, -0.15) is 0 Å². The largest absolute Gasteiger partial charge is 0.508 e. The zero-order valence-electron chi connectivity index (χ0n) is 8.68. The molecule has 0 aliphatic rings. The summed E-state index contributed by atoms with van der Waals surface area (Å²) in [5, 5.41) is 31.0. The quantitative estimate of drug-likeness (QED) is 0.0783. The summed E-state index contributed by atoms with van der Waals surface area (Å²) >= 11 is 0. The number of nitrogens with two attached hydrogens (primary N) is 4. The van der Waals surface area contributed by atoms with Crippen LogP contribution in [0, 0.1) is 25.6 Å². The first-order valence-corrected chi connectivity index (χ1v) is 3.86. The summed E-state index contributed by atoms with van der Waals surface area (Å²) in [6, 6.07) is 0. The van der Waals surface area contributed by atoms with Crippen molar-refractivity contribution < 1.29 is 14.7 Å². The Morgan fingerprint density at radius 1 is 1.28 bits per heavy atom. The number of hydrogen-bond acceptors (Lipinski definition) is 10. The Kier molecular flexibility index (Phi) is 4.69. The van der Waals surface area contributed by atoms with Gasteiger partial charge in [0.25, 0.3) is 0 Å². The van der Waals surface area contributed by atoms with Crippen LogP contribution in [0.15, 0.2) is 0 Å². The van der Waals surface area contributed by atoms with Crippen LogP contribution in [0.3, 0.4) is 0 Å². The minimum absolute atomic E-state index is 0.486. The zero-order valence-corrected chi connectivity index (χ0v) is 8.68. The first-order valence-electron chi connectivity index (χ1n) is 3.86. The highest BCUT2D eigenvalue weighted by Crippen LogP contribution is 2.06. The van der Waals surface area contributed by atoms with E-state index in [4.69, 9.17) is 28.7 Å². The van der Waals surface area contributed by atoms with Gasteiger partial charge in [-0.15, -0.1) is 17.5 Å². The first kappa shape index (κ1) is 15.2. The fraction of sp³-hybridized carbons (Fsp3) is 0. The molecule has 0 aliphatic carbocycles. The Balaban J connectivity index is 0.000000360. The average molecular weight is 264 g/mol. The number of nitrogens with one attached hydrogen (secondary N) is 2. The van der Waals surface area contributed by atoms with Gasteiger partial charge in [-0.05, 0) is 14.7 Å². The Bertz CT molecular complexity index is 429. The van der Waals surface area contributed by atoms with Crippen LogP contribution >= 0.6 is 0 Å². The van der Waals surface area contributed by atoms with Crippen molar-refractivity contribution in [1.29, 1.82) is 5.41 Å². The van der Waals surface area contributed by atoms with Crippen molar-refractivity contribution in [3.8, 4) is 0 Å². The SMILES string of the molecule is N=C(N)[N+](N)(N)N.O=[N+]([O-])c1n[nH]c([N+](=O)[O-])n1. The van der Waals surface area contributed by atoms with E-state index in [1.54, 1.807) is 5.10 Å². The van der Waals surface area contributed by atoms with Crippen LogP contribution in [-0.2, 0) is 0 Å². The lowest BCUT2D eigenvalue weighted by Gasteiger charge is -2.14. The van der Waals surface area contributed by atoms with Crippen molar-refractivity contribution in [3.63, 3.8) is 0 Å². The van der Waals surface area contributed by atoms with Crippen molar-refractivity contribution in [2.75, 3.05) is 0 Å². The number of guanidine groups is 1. The molecule has 0 saturated carbocycles. The van der Waals surface area contributed by atoms with Crippen LogP contribution in [-0.4, -0.2) is 35.8 Å². The standard InChI is InChI=1S/C2HN5O4.CH9N6/c8-6(9)1-3-2(5-4-1)7(10)11;2-1(3)7(4,5)6/h(H,3,4,5);4-6H2,(H3,2,3)/q;+1. The molecular weight excluding hydrogens is 254 g/mol. The lowest BCUT2D eigenvalue weighted by Crippen LogP contribution is -2.71. The Labute approximate surface area is 97.7 Å². The van der Waals surface area contributed by atoms with Gasteiger partial charge >= 0.3 is 17.9 Å². The second kappa shape index (κ2) is 5.54. The third-order valence-electron chi connectivity index (χ3n) is 1.22. The maximum Gasteiger partial charge on any atom is 0.508 e. The van der Waals surface area contributed by atoms with E-state index in [9.17, 15) is 20.2 Å². The van der Waals surface area contributed by atoms with Crippen molar-refractivity contribution in [1.82, 2.24) is 15.2 Å². The molecule has 0 saturated heterocycles. The fourth-order valence-electron chi connectivity index (χ4n) is 0.408. The van der Waals surface area contributed by atoms with Crippen LogP contribution in [0.4, 0.5) is 11.9 Å². The van der Waals surface area contributed by atoms with Gasteiger partial charge in [0.05, 0.1) is 5.10 Å². The second-order valence-electron chi connectivity index (χ2n) is 2.69. The molecule has 0 atom stereocenters. The third-order valence-corrected chi connectivity index (χ3v) is 1.22. The molecular formula is C3H10N11O4+. The Hall–Kier alpha value is -2.75. The van der Waals surface area contributed by atoms with E-state index in [0.717, 1.165) is 0 Å². The second-order valence-corrected chi connectivity index (χ2v) is 2.69. The Morgan fingerprint density at radius 2 is 1.72 bits per heavy atom. The molecule has 15 heteroatoms. The molecule has 0 aromatic carbocycles. The van der Waals surface area contributed by atoms with Gasteiger partial charge < -0.3 is 26.0 Å². The summed E-state index contributed by atoms with van der Waals surface area (Å²) in [5.74, 6) is 12.4. The molecule has 1 aromatic rings. The molecule has 0 fully saturated rings. The fourth-order valence-corrected chi connectivity index (χ4v) is 0.408. The number of rotatable bonds is 2. The number of aromatic amines is 1. The predicted octanol–water partition coefficient (Wildman–Crippen LogP) is -3.06. The molecule has 1 heterocycles. The van der Waals surface area contributed by atoms with Gasteiger partial charge in [0.15, 0.2) is 0 Å². The van der Waals surface area contributed by atoms with E-state index in [1.165, 1.54) is 0 Å². The highest BCUT2D eigenvalue weighted by atomic mass is 16.6. The summed E-state index contributed by atoms with van der Waals surface area (Å²) in [5.41, 5.74) is 4.75. The van der Waals surface area contributed by atoms with Gasteiger partial charge in [-0.1, -0.05) is 5.10 Å². The van der Waals surface area contributed by atoms with Gasteiger partial charge in [-0.25, -0.2) is 5.41 Å². The van der Waals surface area contributed by atoms with Gasteiger partial charge in [-0.3, -0.25) is 0 Å². The van der Waals surface area contributed by atoms with E-state index in [-0.39, 0.29) is 0 Å². The smallest absolute Gasteiger partial charge is 0.390 e. The number of hydrogen-bond donors (Lipinski definition) is 6. The first-order chi connectivity index (χ1) is 8.05. The number of quaternary nitrogens is 1. The summed E-state index contributed by atoms with van der Waals surface area (Å²) in [7, 11) is 0. The molecule has 0 aliphatic heterocycles. The summed E-state index contributed by atoms with van der Waals surface area (Å²) < 4.78 is 0. The minimum atomic E-state index is -1.08. The summed E-state index contributed by atoms with van der Waals surface area (Å²) in [6.45, 7) is 0. The van der Waals surface area contributed by atoms with E-state index in [2.05, 4.69) is 10.1 Å². The summed E-state index contributed by atoms with van der Waals surface area (Å²) in [6.07, 6.45) is 0. The molecule has 0 unspecified atom stereocenters. The van der Waals surface area contributed by atoms with Crippen LogP contribution in [0.2, 0.25) is 0 Å². The number of nitrogens with zero attached hydrogens (tertiary/aromatic N) is 5. The van der Waals surface area contributed by atoms with Crippen molar-refractivity contribution in [2.24, 2.45) is 23.3 Å². The number of aromatic nitrogens is 3.